The summed E-state index contributed by atoms with van der Waals surface area (Å²) in [5.41, 5.74) is 1.55. The summed E-state index contributed by atoms with van der Waals surface area (Å²) in [4.78, 5) is 11.4. The number of piperazine rings is 1. The third-order valence-corrected chi connectivity index (χ3v) is 4.63. The molecule has 1 N–H and O–H groups in total. The highest BCUT2D eigenvalue weighted by Gasteiger charge is 2.23. The Labute approximate surface area is 148 Å². The number of nitrogens with zero attached hydrogens (tertiary/aromatic N) is 3. The summed E-state index contributed by atoms with van der Waals surface area (Å²) in [5.74, 6) is 1.49. The van der Waals surface area contributed by atoms with Crippen molar-refractivity contribution in [3.05, 3.63) is 28.4 Å². The molecule has 1 aromatic carbocycles. The van der Waals surface area contributed by atoms with Crippen LogP contribution in [0.5, 0.6) is 0 Å². The Kier molecular flexibility index (Phi) is 6.45. The van der Waals surface area contributed by atoms with Gasteiger partial charge in [0.1, 0.15) is 5.82 Å². The first-order valence-electron chi connectivity index (χ1n) is 8.14. The molecule has 0 aliphatic carbocycles. The zero-order valence-corrected chi connectivity index (χ0v) is 15.6. The van der Waals surface area contributed by atoms with E-state index < -0.39 is 0 Å². The normalized spacial score (nSPS) is 18.0. The molecule has 2 heterocycles. The lowest BCUT2D eigenvalue weighted by atomic mass is 10.0. The monoisotopic (exact) mass is 354 g/mol. The minimum absolute atomic E-state index is 0.477. The number of rotatable bonds is 2. The maximum Gasteiger partial charge on any atom is 0.147 e. The van der Waals surface area contributed by atoms with Gasteiger partial charge in [-0.25, -0.2) is 4.98 Å². The highest BCUT2D eigenvalue weighted by molar-refractivity contribution is 6.42. The molecule has 4 nitrogen and oxygen atoms in total. The molecular formula is C17H24Cl2N4. The molecule has 1 fully saturated rings. The van der Waals surface area contributed by atoms with Crippen molar-refractivity contribution in [2.24, 2.45) is 5.92 Å². The number of aromatic nitrogens is 2. The molecule has 1 aliphatic heterocycles. The van der Waals surface area contributed by atoms with Crippen LogP contribution in [0.3, 0.4) is 0 Å². The first kappa shape index (κ1) is 18.2. The minimum Gasteiger partial charge on any atom is -0.352 e. The van der Waals surface area contributed by atoms with Gasteiger partial charge in [0, 0.05) is 25.7 Å². The molecule has 1 atom stereocenters. The smallest absolute Gasteiger partial charge is 0.147 e. The largest absolute Gasteiger partial charge is 0.352 e. The first-order chi connectivity index (χ1) is 11.0. The topological polar surface area (TPSA) is 41.1 Å². The van der Waals surface area contributed by atoms with Crippen LogP contribution in [-0.2, 0) is 0 Å². The Morgan fingerprint density at radius 3 is 2.48 bits per heavy atom. The van der Waals surface area contributed by atoms with Crippen LogP contribution >= 0.6 is 23.2 Å². The van der Waals surface area contributed by atoms with Gasteiger partial charge < -0.3 is 10.2 Å². The van der Waals surface area contributed by atoms with Crippen LogP contribution in [0.15, 0.2) is 18.3 Å². The van der Waals surface area contributed by atoms with Crippen LogP contribution in [0.25, 0.3) is 11.0 Å². The van der Waals surface area contributed by atoms with E-state index in [1.54, 1.807) is 12.1 Å². The second kappa shape index (κ2) is 8.13. The molecule has 0 amide bonds. The van der Waals surface area contributed by atoms with Crippen molar-refractivity contribution in [3.8, 4) is 0 Å². The molecule has 0 bridgehead atoms. The number of fused-ring (bicyclic) bond motifs is 1. The number of halogens is 2. The Hall–Kier alpha value is -1.10. The van der Waals surface area contributed by atoms with E-state index in [-0.39, 0.29) is 0 Å². The number of anilines is 1. The van der Waals surface area contributed by atoms with Crippen LogP contribution in [0.2, 0.25) is 10.0 Å². The van der Waals surface area contributed by atoms with Gasteiger partial charge in [0.15, 0.2) is 0 Å². The van der Waals surface area contributed by atoms with Gasteiger partial charge in [0.2, 0.25) is 0 Å². The van der Waals surface area contributed by atoms with Crippen molar-refractivity contribution in [1.29, 1.82) is 0 Å². The van der Waals surface area contributed by atoms with Crippen molar-refractivity contribution in [3.63, 3.8) is 0 Å². The fourth-order valence-corrected chi connectivity index (χ4v) is 2.90. The molecule has 0 spiro atoms. The predicted molar refractivity (Wildman–Crippen MR) is 99.7 cm³/mol. The highest BCUT2D eigenvalue weighted by Crippen LogP contribution is 2.27. The molecule has 6 heteroatoms. The summed E-state index contributed by atoms with van der Waals surface area (Å²) in [5, 5.41) is 4.56. The van der Waals surface area contributed by atoms with Gasteiger partial charge >= 0.3 is 0 Å². The second-order valence-corrected chi connectivity index (χ2v) is 6.55. The molecule has 2 aromatic rings. The number of benzene rings is 1. The molecule has 23 heavy (non-hydrogen) atoms. The van der Waals surface area contributed by atoms with Crippen LogP contribution in [0.4, 0.5) is 5.82 Å². The molecule has 126 valence electrons. The zero-order chi connectivity index (χ0) is 17.0. The third-order valence-electron chi connectivity index (χ3n) is 3.91. The number of hydrogen-bond acceptors (Lipinski definition) is 4. The van der Waals surface area contributed by atoms with E-state index in [1.807, 2.05) is 20.0 Å². The quantitative estimate of drug-likeness (QED) is 0.867. The van der Waals surface area contributed by atoms with E-state index >= 15 is 0 Å². The van der Waals surface area contributed by atoms with Gasteiger partial charge in [-0.1, -0.05) is 50.9 Å². The predicted octanol–water partition coefficient (Wildman–Crippen LogP) is 4.40. The average Bonchev–Trinajstić information content (AvgIpc) is 2.57. The van der Waals surface area contributed by atoms with E-state index in [2.05, 4.69) is 34.0 Å². The molecule has 1 saturated heterocycles. The Morgan fingerprint density at radius 1 is 1.17 bits per heavy atom. The standard InChI is InChI=1S/C15H18Cl2N4.C2H6/c1-9(2)14-8-21(4-3-18-14)15-7-19-12-5-10(16)11(17)6-13(12)20-15;1-2/h5-7,9,14,18H,3-4,8H2,1-2H3;1-2H3. The lowest BCUT2D eigenvalue weighted by Gasteiger charge is -2.36. The summed E-state index contributed by atoms with van der Waals surface area (Å²) in [6.07, 6.45) is 1.81. The van der Waals surface area contributed by atoms with Crippen molar-refractivity contribution in [2.75, 3.05) is 24.5 Å². The van der Waals surface area contributed by atoms with Crippen molar-refractivity contribution < 1.29 is 0 Å². The Bertz CT molecular complexity index is 660. The molecule has 1 unspecified atom stereocenters. The van der Waals surface area contributed by atoms with Gasteiger partial charge in [-0.2, -0.15) is 0 Å². The minimum atomic E-state index is 0.477. The summed E-state index contributed by atoms with van der Waals surface area (Å²) in [7, 11) is 0. The van der Waals surface area contributed by atoms with Gasteiger partial charge in [-0.15, -0.1) is 0 Å². The van der Waals surface area contributed by atoms with Crippen LogP contribution in [0.1, 0.15) is 27.7 Å². The van der Waals surface area contributed by atoms with E-state index in [1.165, 1.54) is 0 Å². The van der Waals surface area contributed by atoms with Crippen molar-refractivity contribution >= 4 is 40.1 Å². The average molecular weight is 355 g/mol. The van der Waals surface area contributed by atoms with Gasteiger partial charge in [0.05, 0.1) is 27.3 Å². The van der Waals surface area contributed by atoms with E-state index in [9.17, 15) is 0 Å². The molecule has 3 rings (SSSR count). The highest BCUT2D eigenvalue weighted by atomic mass is 35.5. The molecule has 1 aliphatic rings. The van der Waals surface area contributed by atoms with Crippen LogP contribution < -0.4 is 10.2 Å². The van der Waals surface area contributed by atoms with Gasteiger partial charge in [-0.05, 0) is 18.1 Å². The molecule has 0 saturated carbocycles. The lowest BCUT2D eigenvalue weighted by Crippen LogP contribution is -2.53. The maximum absolute atomic E-state index is 6.07. The van der Waals surface area contributed by atoms with Crippen LogP contribution in [0, 0.1) is 5.92 Å². The molecule has 0 radical (unpaired) electrons. The Morgan fingerprint density at radius 2 is 1.83 bits per heavy atom. The van der Waals surface area contributed by atoms with Gasteiger partial charge in [-0.3, -0.25) is 4.98 Å². The molecular weight excluding hydrogens is 331 g/mol. The summed E-state index contributed by atoms with van der Waals surface area (Å²) in [6, 6.07) is 4.01. The summed E-state index contributed by atoms with van der Waals surface area (Å²) < 4.78 is 0. The van der Waals surface area contributed by atoms with E-state index in [4.69, 9.17) is 23.2 Å². The van der Waals surface area contributed by atoms with Crippen molar-refractivity contribution in [2.45, 2.75) is 33.7 Å². The van der Waals surface area contributed by atoms with Crippen molar-refractivity contribution in [1.82, 2.24) is 15.3 Å². The Balaban J connectivity index is 0.000000924. The fraction of sp³-hybridized carbons (Fsp3) is 0.529. The summed E-state index contributed by atoms with van der Waals surface area (Å²) >= 11 is 12.1. The van der Waals surface area contributed by atoms with E-state index in [0.29, 0.717) is 22.0 Å². The van der Waals surface area contributed by atoms with Gasteiger partial charge in [0.25, 0.3) is 0 Å². The number of hydrogen-bond donors (Lipinski definition) is 1. The zero-order valence-electron chi connectivity index (χ0n) is 14.1. The first-order valence-corrected chi connectivity index (χ1v) is 8.90. The third kappa shape index (κ3) is 4.25. The number of nitrogens with one attached hydrogen (secondary N) is 1. The SMILES string of the molecule is CC.CC(C)C1CN(c2cnc3cc(Cl)c(Cl)cc3n2)CCN1. The maximum atomic E-state index is 6.07. The molecule has 1 aromatic heterocycles. The van der Waals surface area contributed by atoms with E-state index in [0.717, 1.165) is 36.5 Å². The van der Waals surface area contributed by atoms with Crippen LogP contribution in [-0.4, -0.2) is 35.6 Å². The summed E-state index contributed by atoms with van der Waals surface area (Å²) in [6.45, 7) is 11.3. The lowest BCUT2D eigenvalue weighted by molar-refractivity contribution is 0.367. The second-order valence-electron chi connectivity index (χ2n) is 5.73. The fourth-order valence-electron chi connectivity index (χ4n) is 2.58.